The van der Waals surface area contributed by atoms with Crippen molar-refractivity contribution in [2.75, 3.05) is 0 Å². The molecule has 94 valence electrons. The van der Waals surface area contributed by atoms with Crippen LogP contribution in [0.25, 0.3) is 5.69 Å². The number of benzene rings is 1. The second-order valence-electron chi connectivity index (χ2n) is 3.48. The first-order valence-corrected chi connectivity index (χ1v) is 5.56. The van der Waals surface area contributed by atoms with Crippen molar-refractivity contribution in [3.05, 3.63) is 59.7 Å². The maximum atomic E-state index is 11.9. The number of hydrogen-bond acceptors (Lipinski definition) is 3. The molecule has 2 rings (SSSR count). The second kappa shape index (κ2) is 4.47. The molecular formula is C10H7Cl2N3O3. The lowest BCUT2D eigenvalue weighted by atomic mass is 10.3. The van der Waals surface area contributed by atoms with E-state index in [-0.39, 0.29) is 15.7 Å². The van der Waals surface area contributed by atoms with Gasteiger partial charge in [0.25, 0.3) is 0 Å². The average molecular weight is 288 g/mol. The van der Waals surface area contributed by atoms with Gasteiger partial charge in [-0.05, 0) is 12.1 Å². The quantitative estimate of drug-likeness (QED) is 0.831. The topological polar surface area (TPSA) is 76.9 Å². The summed E-state index contributed by atoms with van der Waals surface area (Å²) in [5.41, 5.74) is -2.47. The van der Waals surface area contributed by atoms with Crippen molar-refractivity contribution in [2.24, 2.45) is 7.05 Å². The van der Waals surface area contributed by atoms with E-state index in [1.165, 1.54) is 19.2 Å². The zero-order valence-electron chi connectivity index (χ0n) is 9.11. The third-order valence-electron chi connectivity index (χ3n) is 2.36. The zero-order valence-corrected chi connectivity index (χ0v) is 10.6. The summed E-state index contributed by atoms with van der Waals surface area (Å²) in [4.78, 5) is 36.8. The van der Waals surface area contributed by atoms with Gasteiger partial charge in [0.1, 0.15) is 0 Å². The van der Waals surface area contributed by atoms with Gasteiger partial charge in [0.2, 0.25) is 0 Å². The van der Waals surface area contributed by atoms with Gasteiger partial charge in [0.15, 0.2) is 0 Å². The fourth-order valence-electron chi connectivity index (χ4n) is 1.45. The van der Waals surface area contributed by atoms with E-state index >= 15 is 0 Å². The Labute approximate surface area is 110 Å². The van der Waals surface area contributed by atoms with Crippen LogP contribution in [0.5, 0.6) is 0 Å². The molecule has 0 bridgehead atoms. The first kappa shape index (κ1) is 12.7. The molecule has 0 unspecified atom stereocenters. The van der Waals surface area contributed by atoms with Crippen molar-refractivity contribution in [1.82, 2.24) is 14.1 Å². The Kier molecular flexibility index (Phi) is 3.14. The molecule has 0 amide bonds. The molecule has 1 aromatic carbocycles. The summed E-state index contributed by atoms with van der Waals surface area (Å²) in [6, 6.07) is 4.55. The SMILES string of the molecule is Cn1c(=O)[nH]c(=O)n(-c2c(Cl)cccc2Cl)c1=O. The molecule has 0 spiro atoms. The highest BCUT2D eigenvalue weighted by molar-refractivity contribution is 6.37. The highest BCUT2D eigenvalue weighted by Gasteiger charge is 2.14. The molecule has 0 saturated heterocycles. The van der Waals surface area contributed by atoms with Crippen LogP contribution >= 0.6 is 23.2 Å². The number of aromatic nitrogens is 3. The fourth-order valence-corrected chi connectivity index (χ4v) is 2.02. The van der Waals surface area contributed by atoms with Crippen LogP contribution < -0.4 is 17.1 Å². The molecule has 0 aliphatic carbocycles. The molecule has 6 nitrogen and oxygen atoms in total. The maximum absolute atomic E-state index is 11.9. The number of rotatable bonds is 1. The van der Waals surface area contributed by atoms with Gasteiger partial charge in [0.05, 0.1) is 15.7 Å². The predicted octanol–water partition coefficient (Wildman–Crippen LogP) is 0.531. The van der Waals surface area contributed by atoms with Crippen molar-refractivity contribution >= 4 is 23.2 Å². The molecule has 0 saturated carbocycles. The van der Waals surface area contributed by atoms with Crippen LogP contribution in [0.3, 0.4) is 0 Å². The molecule has 0 radical (unpaired) electrons. The van der Waals surface area contributed by atoms with Gasteiger partial charge in [-0.1, -0.05) is 29.3 Å². The Bertz CT molecular complexity index is 768. The number of aromatic amines is 1. The van der Waals surface area contributed by atoms with Gasteiger partial charge in [0, 0.05) is 7.05 Å². The van der Waals surface area contributed by atoms with Crippen LogP contribution in [0.2, 0.25) is 10.0 Å². The van der Waals surface area contributed by atoms with E-state index in [2.05, 4.69) is 0 Å². The minimum Gasteiger partial charge on any atom is -0.258 e. The molecule has 1 heterocycles. The standard InChI is InChI=1S/C10H7Cl2N3O3/c1-14-8(16)13-9(17)15(10(14)18)7-5(11)3-2-4-6(7)12/h2-4H,1H3,(H,13,16,17). The van der Waals surface area contributed by atoms with Gasteiger partial charge >= 0.3 is 17.1 Å². The van der Waals surface area contributed by atoms with E-state index in [1.54, 1.807) is 6.07 Å². The van der Waals surface area contributed by atoms with Crippen molar-refractivity contribution in [1.29, 1.82) is 0 Å². The van der Waals surface area contributed by atoms with E-state index in [9.17, 15) is 14.4 Å². The lowest BCUT2D eigenvalue weighted by molar-refractivity contribution is 0.660. The minimum atomic E-state index is -0.891. The third kappa shape index (κ3) is 1.89. The molecular weight excluding hydrogens is 281 g/mol. The summed E-state index contributed by atoms with van der Waals surface area (Å²) in [6.07, 6.45) is 0. The molecule has 2 aromatic rings. The fraction of sp³-hybridized carbons (Fsp3) is 0.100. The predicted molar refractivity (Wildman–Crippen MR) is 67.9 cm³/mol. The number of hydrogen-bond donors (Lipinski definition) is 1. The molecule has 18 heavy (non-hydrogen) atoms. The molecule has 0 atom stereocenters. The Morgan fingerprint density at radius 2 is 1.61 bits per heavy atom. The Hall–Kier alpha value is -1.79. The summed E-state index contributed by atoms with van der Waals surface area (Å²) >= 11 is 11.8. The lowest BCUT2D eigenvalue weighted by Crippen LogP contribution is -2.47. The molecule has 0 aliphatic heterocycles. The number of para-hydroxylation sites is 1. The largest absolute Gasteiger partial charge is 0.340 e. The Balaban J connectivity index is 2.98. The van der Waals surface area contributed by atoms with Gasteiger partial charge in [-0.25, -0.2) is 23.5 Å². The number of nitrogens with one attached hydrogen (secondary N) is 1. The first-order chi connectivity index (χ1) is 8.43. The van der Waals surface area contributed by atoms with Crippen molar-refractivity contribution in [3.63, 3.8) is 0 Å². The summed E-state index contributed by atoms with van der Waals surface area (Å²) in [6.45, 7) is 0. The van der Waals surface area contributed by atoms with Crippen molar-refractivity contribution in [3.8, 4) is 5.69 Å². The summed E-state index contributed by atoms with van der Waals surface area (Å²) in [5, 5.41) is 0.266. The smallest absolute Gasteiger partial charge is 0.258 e. The Morgan fingerprint density at radius 1 is 1.06 bits per heavy atom. The van der Waals surface area contributed by atoms with Gasteiger partial charge in [-0.3, -0.25) is 4.98 Å². The highest BCUT2D eigenvalue weighted by Crippen LogP contribution is 2.25. The number of H-pyrrole nitrogens is 1. The van der Waals surface area contributed by atoms with Crippen LogP contribution in [0.15, 0.2) is 32.6 Å². The molecule has 0 fully saturated rings. The van der Waals surface area contributed by atoms with E-state index in [0.717, 1.165) is 4.57 Å². The van der Waals surface area contributed by atoms with E-state index in [1.807, 2.05) is 4.98 Å². The van der Waals surface area contributed by atoms with Crippen LogP contribution in [0.1, 0.15) is 0 Å². The Morgan fingerprint density at radius 3 is 2.17 bits per heavy atom. The zero-order chi connectivity index (χ0) is 13.4. The van der Waals surface area contributed by atoms with E-state index in [4.69, 9.17) is 23.2 Å². The summed E-state index contributed by atoms with van der Waals surface area (Å²) in [5.74, 6) is 0. The number of halogens is 2. The highest BCUT2D eigenvalue weighted by atomic mass is 35.5. The molecule has 0 aliphatic rings. The van der Waals surface area contributed by atoms with Gasteiger partial charge < -0.3 is 0 Å². The van der Waals surface area contributed by atoms with Crippen LogP contribution in [-0.2, 0) is 7.05 Å². The van der Waals surface area contributed by atoms with Gasteiger partial charge in [-0.15, -0.1) is 0 Å². The number of nitrogens with zero attached hydrogens (tertiary/aromatic N) is 2. The van der Waals surface area contributed by atoms with Crippen LogP contribution in [0, 0.1) is 0 Å². The maximum Gasteiger partial charge on any atom is 0.340 e. The summed E-state index contributed by atoms with van der Waals surface area (Å²) < 4.78 is 1.47. The molecule has 1 N–H and O–H groups in total. The van der Waals surface area contributed by atoms with Crippen LogP contribution in [0.4, 0.5) is 0 Å². The van der Waals surface area contributed by atoms with Crippen LogP contribution in [-0.4, -0.2) is 14.1 Å². The summed E-state index contributed by atoms with van der Waals surface area (Å²) in [7, 11) is 1.24. The first-order valence-electron chi connectivity index (χ1n) is 4.80. The van der Waals surface area contributed by atoms with Gasteiger partial charge in [-0.2, -0.15) is 0 Å². The lowest BCUT2D eigenvalue weighted by Gasteiger charge is -2.09. The van der Waals surface area contributed by atoms with E-state index in [0.29, 0.717) is 4.57 Å². The second-order valence-corrected chi connectivity index (χ2v) is 4.30. The molecule has 1 aromatic heterocycles. The average Bonchev–Trinajstić information content (AvgIpc) is 2.30. The molecule has 8 heteroatoms. The third-order valence-corrected chi connectivity index (χ3v) is 2.97. The van der Waals surface area contributed by atoms with Crippen molar-refractivity contribution < 1.29 is 0 Å². The normalized spacial score (nSPS) is 10.6. The van der Waals surface area contributed by atoms with Crippen molar-refractivity contribution in [2.45, 2.75) is 0 Å². The minimum absolute atomic E-state index is 0.0442. The monoisotopic (exact) mass is 287 g/mol. The van der Waals surface area contributed by atoms with E-state index < -0.39 is 17.1 Å².